The highest BCUT2D eigenvalue weighted by Gasteiger charge is 2.26. The number of amides is 1. The van der Waals surface area contributed by atoms with E-state index in [0.29, 0.717) is 0 Å². The van der Waals surface area contributed by atoms with Gasteiger partial charge in [0.05, 0.1) is 0 Å². The van der Waals surface area contributed by atoms with Gasteiger partial charge in [-0.3, -0.25) is 0 Å². The molecular formula is C18H28N4O2. The third-order valence-electron chi connectivity index (χ3n) is 4.37. The Morgan fingerprint density at radius 3 is 2.83 bits per heavy atom. The molecule has 1 aromatic rings. The second-order valence-electron chi connectivity index (χ2n) is 7.95. The number of carbonyl (C=O) groups is 1. The van der Waals surface area contributed by atoms with Gasteiger partial charge in [-0.05, 0) is 58.8 Å². The van der Waals surface area contributed by atoms with E-state index in [0.717, 1.165) is 49.8 Å². The Kier molecular flexibility index (Phi) is 4.92. The van der Waals surface area contributed by atoms with Gasteiger partial charge >= 0.3 is 6.09 Å². The third-order valence-corrected chi connectivity index (χ3v) is 4.37. The highest BCUT2D eigenvalue weighted by molar-refractivity contribution is 5.68. The molecule has 24 heavy (non-hydrogen) atoms. The fourth-order valence-electron chi connectivity index (χ4n) is 3.07. The SMILES string of the molecule is CC(C)(C)OC(=O)NC1CCCN(c2cc(CC3CC3)ncn2)C1. The summed E-state index contributed by atoms with van der Waals surface area (Å²) in [6.07, 6.45) is 7.03. The zero-order valence-electron chi connectivity index (χ0n) is 14.9. The highest BCUT2D eigenvalue weighted by atomic mass is 16.6. The van der Waals surface area contributed by atoms with Crippen LogP contribution >= 0.6 is 0 Å². The summed E-state index contributed by atoms with van der Waals surface area (Å²) in [4.78, 5) is 23.0. The van der Waals surface area contributed by atoms with Crippen molar-refractivity contribution in [2.75, 3.05) is 18.0 Å². The van der Waals surface area contributed by atoms with Gasteiger partial charge in [0.15, 0.2) is 0 Å². The number of hydrogen-bond acceptors (Lipinski definition) is 5. The Balaban J connectivity index is 1.57. The van der Waals surface area contributed by atoms with Crippen molar-refractivity contribution in [3.63, 3.8) is 0 Å². The fraction of sp³-hybridized carbons (Fsp3) is 0.722. The Hall–Kier alpha value is -1.85. The number of alkyl carbamates (subject to hydrolysis) is 1. The maximum absolute atomic E-state index is 12.0. The quantitative estimate of drug-likeness (QED) is 0.918. The molecule has 6 heteroatoms. The number of hydrogen-bond donors (Lipinski definition) is 1. The van der Waals surface area contributed by atoms with Crippen molar-refractivity contribution in [3.8, 4) is 0 Å². The first-order chi connectivity index (χ1) is 11.4. The molecule has 2 heterocycles. The van der Waals surface area contributed by atoms with Gasteiger partial charge in [0.2, 0.25) is 0 Å². The molecule has 1 saturated heterocycles. The van der Waals surface area contributed by atoms with E-state index in [1.807, 2.05) is 20.8 Å². The zero-order valence-corrected chi connectivity index (χ0v) is 14.9. The van der Waals surface area contributed by atoms with Crippen LogP contribution in [0.25, 0.3) is 0 Å². The van der Waals surface area contributed by atoms with Crippen LogP contribution in [0.2, 0.25) is 0 Å². The summed E-state index contributed by atoms with van der Waals surface area (Å²) in [6.45, 7) is 7.36. The van der Waals surface area contributed by atoms with Gasteiger partial charge in [0.1, 0.15) is 17.7 Å². The minimum absolute atomic E-state index is 0.0930. The molecule has 6 nitrogen and oxygen atoms in total. The van der Waals surface area contributed by atoms with Crippen LogP contribution in [0.1, 0.15) is 52.1 Å². The lowest BCUT2D eigenvalue weighted by Gasteiger charge is -2.34. The third kappa shape index (κ3) is 5.08. The first-order valence-electron chi connectivity index (χ1n) is 8.94. The first kappa shape index (κ1) is 17.0. The van der Waals surface area contributed by atoms with E-state index < -0.39 is 5.60 Å². The van der Waals surface area contributed by atoms with E-state index in [9.17, 15) is 4.79 Å². The molecule has 1 atom stereocenters. The van der Waals surface area contributed by atoms with Gasteiger partial charge in [-0.15, -0.1) is 0 Å². The summed E-state index contributed by atoms with van der Waals surface area (Å²) >= 11 is 0. The lowest BCUT2D eigenvalue weighted by Crippen LogP contribution is -2.49. The lowest BCUT2D eigenvalue weighted by molar-refractivity contribution is 0.0500. The number of nitrogens with one attached hydrogen (secondary N) is 1. The molecule has 132 valence electrons. The average Bonchev–Trinajstić information content (AvgIpc) is 3.30. The lowest BCUT2D eigenvalue weighted by atomic mass is 10.1. The Bertz CT molecular complexity index is 581. The van der Waals surface area contributed by atoms with Crippen LogP contribution in [0.3, 0.4) is 0 Å². The molecule has 1 aliphatic heterocycles. The van der Waals surface area contributed by atoms with E-state index >= 15 is 0 Å². The van der Waals surface area contributed by atoms with Crippen molar-refractivity contribution in [1.29, 1.82) is 0 Å². The molecule has 1 aromatic heterocycles. The predicted octanol–water partition coefficient (Wildman–Crippen LogP) is 2.92. The summed E-state index contributed by atoms with van der Waals surface area (Å²) in [5.74, 6) is 1.78. The molecule has 0 spiro atoms. The topological polar surface area (TPSA) is 67.3 Å². The standard InChI is InChI=1S/C18H28N4O2/c1-18(2,3)24-17(23)21-14-5-4-8-22(11-14)16-10-15(19-12-20-16)9-13-6-7-13/h10,12-14H,4-9,11H2,1-3H3,(H,21,23). The number of aromatic nitrogens is 2. The predicted molar refractivity (Wildman–Crippen MR) is 93.1 cm³/mol. The van der Waals surface area contributed by atoms with Crippen LogP contribution in [-0.2, 0) is 11.2 Å². The minimum Gasteiger partial charge on any atom is -0.444 e. The van der Waals surface area contributed by atoms with E-state index in [-0.39, 0.29) is 12.1 Å². The Morgan fingerprint density at radius 2 is 2.12 bits per heavy atom. The molecular weight excluding hydrogens is 304 g/mol. The molecule has 1 N–H and O–H groups in total. The second-order valence-corrected chi connectivity index (χ2v) is 7.95. The molecule has 1 unspecified atom stereocenters. The van der Waals surface area contributed by atoms with Crippen molar-refractivity contribution in [1.82, 2.24) is 15.3 Å². The van der Waals surface area contributed by atoms with Crippen LogP contribution in [0.15, 0.2) is 12.4 Å². The summed E-state index contributed by atoms with van der Waals surface area (Å²) < 4.78 is 5.36. The molecule has 2 aliphatic rings. The molecule has 1 amide bonds. The Labute approximate surface area is 144 Å². The van der Waals surface area contributed by atoms with Crippen molar-refractivity contribution in [2.45, 2.75) is 64.5 Å². The number of piperidine rings is 1. The monoisotopic (exact) mass is 332 g/mol. The fourth-order valence-corrected chi connectivity index (χ4v) is 3.07. The van der Waals surface area contributed by atoms with E-state index in [2.05, 4.69) is 26.3 Å². The van der Waals surface area contributed by atoms with Crippen LogP contribution in [0.4, 0.5) is 10.6 Å². The number of carbonyl (C=O) groups excluding carboxylic acids is 1. The summed E-state index contributed by atoms with van der Waals surface area (Å²) in [6, 6.07) is 2.20. The van der Waals surface area contributed by atoms with Crippen LogP contribution < -0.4 is 10.2 Å². The maximum Gasteiger partial charge on any atom is 0.407 e. The van der Waals surface area contributed by atoms with Gasteiger partial charge < -0.3 is 15.0 Å². The van der Waals surface area contributed by atoms with Gasteiger partial charge in [-0.1, -0.05) is 0 Å². The van der Waals surface area contributed by atoms with Crippen molar-refractivity contribution in [2.24, 2.45) is 5.92 Å². The summed E-state index contributed by atoms with van der Waals surface area (Å²) in [5, 5.41) is 2.99. The first-order valence-corrected chi connectivity index (χ1v) is 8.94. The Morgan fingerprint density at radius 1 is 1.33 bits per heavy atom. The van der Waals surface area contributed by atoms with E-state index in [1.165, 1.54) is 12.8 Å². The number of rotatable bonds is 4. The van der Waals surface area contributed by atoms with Gasteiger partial charge in [-0.2, -0.15) is 0 Å². The largest absolute Gasteiger partial charge is 0.444 e. The van der Waals surface area contributed by atoms with Crippen LogP contribution in [0, 0.1) is 5.92 Å². The molecule has 1 saturated carbocycles. The summed E-state index contributed by atoms with van der Waals surface area (Å²) in [7, 11) is 0. The number of ether oxygens (including phenoxy) is 1. The van der Waals surface area contributed by atoms with Gasteiger partial charge in [0, 0.05) is 30.9 Å². The van der Waals surface area contributed by atoms with Gasteiger partial charge in [0.25, 0.3) is 0 Å². The molecule has 1 aliphatic carbocycles. The van der Waals surface area contributed by atoms with E-state index in [1.54, 1.807) is 6.33 Å². The normalized spacial score (nSPS) is 21.5. The minimum atomic E-state index is -0.469. The summed E-state index contributed by atoms with van der Waals surface area (Å²) in [5.41, 5.74) is 0.660. The number of anilines is 1. The molecule has 0 radical (unpaired) electrons. The van der Waals surface area contributed by atoms with Crippen molar-refractivity contribution >= 4 is 11.9 Å². The highest BCUT2D eigenvalue weighted by Crippen LogP contribution is 2.32. The van der Waals surface area contributed by atoms with Crippen molar-refractivity contribution in [3.05, 3.63) is 18.1 Å². The molecule has 3 rings (SSSR count). The van der Waals surface area contributed by atoms with E-state index in [4.69, 9.17) is 4.74 Å². The van der Waals surface area contributed by atoms with Gasteiger partial charge in [-0.25, -0.2) is 14.8 Å². The molecule has 2 fully saturated rings. The maximum atomic E-state index is 12.0. The number of nitrogens with zero attached hydrogens (tertiary/aromatic N) is 3. The van der Waals surface area contributed by atoms with Crippen molar-refractivity contribution < 1.29 is 9.53 Å². The smallest absolute Gasteiger partial charge is 0.407 e. The van der Waals surface area contributed by atoms with Crippen LogP contribution in [-0.4, -0.2) is 40.8 Å². The molecule has 0 bridgehead atoms. The average molecular weight is 332 g/mol. The molecule has 0 aromatic carbocycles. The second kappa shape index (κ2) is 6.95. The zero-order chi connectivity index (χ0) is 17.2. The van der Waals surface area contributed by atoms with Crippen LogP contribution in [0.5, 0.6) is 0 Å².